The molecule has 3 rings (SSSR count). The van der Waals surface area contributed by atoms with E-state index >= 15 is 0 Å². The number of carbonyl (C=O) groups is 1. The average Bonchev–Trinajstić information content (AvgIpc) is 2.98. The molecule has 1 atom stereocenters. The number of rotatable bonds is 7. The van der Waals surface area contributed by atoms with Crippen LogP contribution in [-0.2, 0) is 16.0 Å². The summed E-state index contributed by atoms with van der Waals surface area (Å²) < 4.78 is 7.83. The maximum Gasteiger partial charge on any atom is 0.217 e. The number of ether oxygens (including phenoxy) is 1. The van der Waals surface area contributed by atoms with Crippen molar-refractivity contribution in [1.82, 2.24) is 14.8 Å². The van der Waals surface area contributed by atoms with Crippen molar-refractivity contribution in [1.29, 1.82) is 0 Å². The fourth-order valence-corrected chi connectivity index (χ4v) is 3.54. The van der Waals surface area contributed by atoms with Crippen LogP contribution in [0, 0.1) is 0 Å². The summed E-state index contributed by atoms with van der Waals surface area (Å²) >= 11 is 1.72. The predicted molar refractivity (Wildman–Crippen MR) is 75.5 cm³/mol. The third-order valence-corrected chi connectivity index (χ3v) is 4.74. The van der Waals surface area contributed by atoms with Crippen LogP contribution < -0.4 is 5.73 Å². The normalized spacial score (nSPS) is 22.3. The fourth-order valence-electron chi connectivity index (χ4n) is 2.45. The highest BCUT2D eigenvalue weighted by molar-refractivity contribution is 7.99. The van der Waals surface area contributed by atoms with Gasteiger partial charge in [0.1, 0.15) is 5.82 Å². The zero-order valence-electron chi connectivity index (χ0n) is 11.5. The first kappa shape index (κ1) is 13.9. The van der Waals surface area contributed by atoms with E-state index in [1.54, 1.807) is 11.8 Å². The van der Waals surface area contributed by atoms with Gasteiger partial charge in [-0.05, 0) is 25.7 Å². The standard InChI is InChI=1S/C13H20N4O2S/c14-11(18)5-6-12-15-16-13(17(12)9-3-4-9)20-8-10-2-1-7-19-10/h9-10H,1-8H2,(H2,14,18)/t10-/m1/s1. The number of aromatic nitrogens is 3. The zero-order valence-corrected chi connectivity index (χ0v) is 12.3. The van der Waals surface area contributed by atoms with E-state index in [-0.39, 0.29) is 5.91 Å². The molecule has 0 spiro atoms. The summed E-state index contributed by atoms with van der Waals surface area (Å²) in [4.78, 5) is 10.9. The third kappa shape index (κ3) is 3.32. The van der Waals surface area contributed by atoms with Crippen molar-refractivity contribution in [3.63, 3.8) is 0 Å². The quantitative estimate of drug-likeness (QED) is 0.767. The average molecular weight is 296 g/mol. The Morgan fingerprint density at radius 2 is 2.25 bits per heavy atom. The summed E-state index contributed by atoms with van der Waals surface area (Å²) in [7, 11) is 0. The molecule has 2 heterocycles. The second-order valence-electron chi connectivity index (χ2n) is 5.41. The molecular formula is C13H20N4O2S. The van der Waals surface area contributed by atoms with Crippen LogP contribution in [0.2, 0.25) is 0 Å². The topological polar surface area (TPSA) is 83.0 Å². The molecule has 2 N–H and O–H groups in total. The van der Waals surface area contributed by atoms with Crippen LogP contribution in [0.15, 0.2) is 5.16 Å². The highest BCUT2D eigenvalue weighted by atomic mass is 32.2. The molecule has 0 aromatic carbocycles. The molecule has 0 radical (unpaired) electrons. The van der Waals surface area contributed by atoms with Gasteiger partial charge < -0.3 is 15.0 Å². The SMILES string of the molecule is NC(=O)CCc1nnc(SC[C@H]2CCCO2)n1C1CC1. The lowest BCUT2D eigenvalue weighted by Crippen LogP contribution is -2.14. The van der Waals surface area contributed by atoms with Crippen molar-refractivity contribution < 1.29 is 9.53 Å². The Labute approximate surface area is 122 Å². The van der Waals surface area contributed by atoms with Gasteiger partial charge in [-0.2, -0.15) is 0 Å². The van der Waals surface area contributed by atoms with Gasteiger partial charge in [0.15, 0.2) is 5.16 Å². The van der Waals surface area contributed by atoms with Gasteiger partial charge in [-0.15, -0.1) is 10.2 Å². The number of thioether (sulfide) groups is 1. The molecule has 0 bridgehead atoms. The molecule has 1 amide bonds. The van der Waals surface area contributed by atoms with Gasteiger partial charge in [0.2, 0.25) is 5.91 Å². The Bertz CT molecular complexity index is 481. The van der Waals surface area contributed by atoms with Crippen molar-refractivity contribution in [2.75, 3.05) is 12.4 Å². The molecule has 0 unspecified atom stereocenters. The van der Waals surface area contributed by atoms with E-state index in [1.807, 2.05) is 0 Å². The van der Waals surface area contributed by atoms with E-state index < -0.39 is 0 Å². The van der Waals surface area contributed by atoms with Gasteiger partial charge in [-0.1, -0.05) is 11.8 Å². The van der Waals surface area contributed by atoms with E-state index in [0.717, 1.165) is 36.2 Å². The van der Waals surface area contributed by atoms with Crippen LogP contribution in [0.5, 0.6) is 0 Å². The number of carbonyl (C=O) groups excluding carboxylic acids is 1. The van der Waals surface area contributed by atoms with Gasteiger partial charge in [0.25, 0.3) is 0 Å². The largest absolute Gasteiger partial charge is 0.377 e. The molecule has 7 heteroatoms. The molecular weight excluding hydrogens is 276 g/mol. The minimum atomic E-state index is -0.288. The van der Waals surface area contributed by atoms with Crippen molar-refractivity contribution in [3.05, 3.63) is 5.82 Å². The van der Waals surface area contributed by atoms with Crippen LogP contribution in [0.3, 0.4) is 0 Å². The van der Waals surface area contributed by atoms with Crippen LogP contribution in [-0.4, -0.2) is 39.1 Å². The van der Waals surface area contributed by atoms with Gasteiger partial charge in [0, 0.05) is 31.2 Å². The highest BCUT2D eigenvalue weighted by Gasteiger charge is 2.30. The maximum atomic E-state index is 10.9. The van der Waals surface area contributed by atoms with Gasteiger partial charge in [-0.3, -0.25) is 4.79 Å². The van der Waals surface area contributed by atoms with Crippen LogP contribution in [0.1, 0.15) is 44.0 Å². The lowest BCUT2D eigenvalue weighted by molar-refractivity contribution is -0.118. The minimum Gasteiger partial charge on any atom is -0.377 e. The number of nitrogens with two attached hydrogens (primary N) is 1. The van der Waals surface area contributed by atoms with Crippen molar-refractivity contribution in [3.8, 4) is 0 Å². The molecule has 2 aliphatic rings. The molecule has 1 saturated heterocycles. The lowest BCUT2D eigenvalue weighted by Gasteiger charge is -2.10. The second kappa shape index (κ2) is 6.13. The number of hydrogen-bond donors (Lipinski definition) is 1. The van der Waals surface area contributed by atoms with E-state index in [0.29, 0.717) is 25.0 Å². The Balaban J connectivity index is 1.65. The molecule has 1 aromatic heterocycles. The van der Waals surface area contributed by atoms with E-state index in [4.69, 9.17) is 10.5 Å². The minimum absolute atomic E-state index is 0.288. The van der Waals surface area contributed by atoms with Crippen LogP contribution in [0.4, 0.5) is 0 Å². The number of nitrogens with zero attached hydrogens (tertiary/aromatic N) is 3. The van der Waals surface area contributed by atoms with Gasteiger partial charge in [-0.25, -0.2) is 0 Å². The summed E-state index contributed by atoms with van der Waals surface area (Å²) in [5.74, 6) is 1.53. The van der Waals surface area contributed by atoms with Gasteiger partial charge >= 0.3 is 0 Å². The second-order valence-corrected chi connectivity index (χ2v) is 6.40. The monoisotopic (exact) mass is 296 g/mol. The Morgan fingerprint density at radius 1 is 1.40 bits per heavy atom. The van der Waals surface area contributed by atoms with Gasteiger partial charge in [0.05, 0.1) is 6.10 Å². The Kier molecular flexibility index (Phi) is 4.26. The molecule has 1 aliphatic heterocycles. The van der Waals surface area contributed by atoms with E-state index in [9.17, 15) is 4.79 Å². The molecule has 1 saturated carbocycles. The summed E-state index contributed by atoms with van der Waals surface area (Å²) in [6.45, 7) is 0.879. The Hall–Kier alpha value is -1.08. The maximum absolute atomic E-state index is 10.9. The van der Waals surface area contributed by atoms with Crippen LogP contribution in [0.25, 0.3) is 0 Å². The molecule has 1 aliphatic carbocycles. The smallest absolute Gasteiger partial charge is 0.217 e. The predicted octanol–water partition coefficient (Wildman–Crippen LogP) is 1.30. The highest BCUT2D eigenvalue weighted by Crippen LogP contribution is 2.39. The summed E-state index contributed by atoms with van der Waals surface area (Å²) in [6, 6.07) is 0.514. The number of aryl methyl sites for hydroxylation is 1. The van der Waals surface area contributed by atoms with E-state index in [2.05, 4.69) is 14.8 Å². The summed E-state index contributed by atoms with van der Waals surface area (Å²) in [5.41, 5.74) is 5.21. The first-order valence-corrected chi connectivity index (χ1v) is 8.19. The lowest BCUT2D eigenvalue weighted by atomic mass is 10.3. The van der Waals surface area contributed by atoms with Crippen LogP contribution >= 0.6 is 11.8 Å². The molecule has 6 nitrogen and oxygen atoms in total. The number of primary amides is 1. The fraction of sp³-hybridized carbons (Fsp3) is 0.769. The van der Waals surface area contributed by atoms with Crippen molar-refractivity contribution >= 4 is 17.7 Å². The first-order valence-electron chi connectivity index (χ1n) is 7.20. The molecule has 2 fully saturated rings. The number of amides is 1. The summed E-state index contributed by atoms with van der Waals surface area (Å²) in [6.07, 6.45) is 5.91. The molecule has 20 heavy (non-hydrogen) atoms. The third-order valence-electron chi connectivity index (χ3n) is 3.66. The first-order chi connectivity index (χ1) is 9.74. The number of hydrogen-bond acceptors (Lipinski definition) is 5. The van der Waals surface area contributed by atoms with Crippen molar-refractivity contribution in [2.24, 2.45) is 5.73 Å². The molecule has 1 aromatic rings. The van der Waals surface area contributed by atoms with Crippen molar-refractivity contribution in [2.45, 2.75) is 55.8 Å². The summed E-state index contributed by atoms with van der Waals surface area (Å²) in [5, 5.41) is 9.48. The Morgan fingerprint density at radius 3 is 2.90 bits per heavy atom. The zero-order chi connectivity index (χ0) is 13.9. The van der Waals surface area contributed by atoms with E-state index in [1.165, 1.54) is 12.8 Å². The molecule has 110 valence electrons.